The molecule has 194 valence electrons. The van der Waals surface area contributed by atoms with Crippen LogP contribution in [0.5, 0.6) is 0 Å². The van der Waals surface area contributed by atoms with Gasteiger partial charge in [-0.25, -0.2) is 4.99 Å². The molecule has 2 atom stereocenters. The molecule has 6 aliphatic rings. The highest BCUT2D eigenvalue weighted by atomic mass is 31.1. The van der Waals surface area contributed by atoms with Crippen LogP contribution in [0.4, 0.5) is 0 Å². The van der Waals surface area contributed by atoms with Gasteiger partial charge in [0.2, 0.25) is 13.4 Å². The van der Waals surface area contributed by atoms with Crippen LogP contribution in [0.2, 0.25) is 0 Å². The van der Waals surface area contributed by atoms with Crippen LogP contribution in [0.1, 0.15) is 84.5 Å². The van der Waals surface area contributed by atoms with Crippen molar-refractivity contribution in [3.05, 3.63) is 51.9 Å². The molecular formula is C29H39N2O4P. The number of rotatable bonds is 6. The van der Waals surface area contributed by atoms with Crippen LogP contribution < -0.4 is 5.32 Å². The lowest BCUT2D eigenvalue weighted by Crippen LogP contribution is -2.55. The van der Waals surface area contributed by atoms with Gasteiger partial charge in [-0.3, -0.25) is 0 Å². The fourth-order valence-electron chi connectivity index (χ4n) is 6.49. The Balaban J connectivity index is 1.30. The number of aliphatic hydroxyl groups is 1. The molecule has 2 heterocycles. The molecule has 0 aromatic carbocycles. The lowest BCUT2D eigenvalue weighted by molar-refractivity contribution is 0.107. The Morgan fingerprint density at radius 1 is 1.17 bits per heavy atom. The Bertz CT molecular complexity index is 1120. The van der Waals surface area contributed by atoms with Crippen molar-refractivity contribution in [3.63, 3.8) is 0 Å². The zero-order valence-corrected chi connectivity index (χ0v) is 22.8. The van der Waals surface area contributed by atoms with Gasteiger partial charge in [0, 0.05) is 11.3 Å². The Labute approximate surface area is 216 Å². The van der Waals surface area contributed by atoms with Gasteiger partial charge in [-0.1, -0.05) is 24.5 Å². The van der Waals surface area contributed by atoms with E-state index in [9.17, 15) is 5.11 Å². The zero-order chi connectivity index (χ0) is 24.9. The first kappa shape index (κ1) is 24.5. The van der Waals surface area contributed by atoms with Crippen molar-refractivity contribution in [1.82, 2.24) is 5.32 Å². The summed E-state index contributed by atoms with van der Waals surface area (Å²) in [5, 5.41) is 14.1. The van der Waals surface area contributed by atoms with E-state index in [2.05, 4.69) is 11.4 Å². The second-order valence-electron chi connectivity index (χ2n) is 11.4. The summed E-state index contributed by atoms with van der Waals surface area (Å²) >= 11 is 0. The first-order valence-electron chi connectivity index (χ1n) is 13.7. The maximum atomic E-state index is 10.4. The second kappa shape index (κ2) is 9.47. The predicted octanol–water partition coefficient (Wildman–Crippen LogP) is 5.95. The molecule has 2 N–H and O–H groups in total. The van der Waals surface area contributed by atoms with E-state index < -0.39 is 19.0 Å². The van der Waals surface area contributed by atoms with Gasteiger partial charge >= 0.3 is 0 Å². The Morgan fingerprint density at radius 2 is 1.94 bits per heavy atom. The van der Waals surface area contributed by atoms with E-state index in [1.165, 1.54) is 60.9 Å². The third-order valence-corrected chi connectivity index (χ3v) is 10.5. The summed E-state index contributed by atoms with van der Waals surface area (Å²) in [4.78, 5) is 4.90. The normalized spacial score (nSPS) is 29.6. The number of nitrogens with zero attached hydrogens (tertiary/aromatic N) is 1. The molecule has 4 aliphatic carbocycles. The summed E-state index contributed by atoms with van der Waals surface area (Å²) in [6, 6.07) is 0.580. The molecule has 6 rings (SSSR count). The average molecular weight is 511 g/mol. The Hall–Kier alpha value is -1.85. The highest BCUT2D eigenvalue weighted by Crippen LogP contribution is 2.61. The number of nitrogens with one attached hydrogen (secondary N) is 1. The van der Waals surface area contributed by atoms with E-state index in [-0.39, 0.29) is 6.10 Å². The minimum absolute atomic E-state index is 0.224. The van der Waals surface area contributed by atoms with Gasteiger partial charge in [0.25, 0.3) is 11.5 Å². The SMILES string of the molecule is CO[P+]1=C(OC2CCCC2)C2(CN=C(NC3=C4CCCC4=CCC4=C3CCC4)O2)[C-]1/C=C/C(C)(C)O. The number of ether oxygens (including phenoxy) is 2. The van der Waals surface area contributed by atoms with Gasteiger partial charge in [0.1, 0.15) is 0 Å². The Morgan fingerprint density at radius 3 is 2.72 bits per heavy atom. The van der Waals surface area contributed by atoms with Crippen LogP contribution >= 0.6 is 7.77 Å². The minimum atomic E-state index is -1.06. The maximum Gasteiger partial charge on any atom is 0.289 e. The lowest BCUT2D eigenvalue weighted by atomic mass is 9.96. The van der Waals surface area contributed by atoms with Gasteiger partial charge in [-0.05, 0) is 88.4 Å². The van der Waals surface area contributed by atoms with Gasteiger partial charge in [-0.2, -0.15) is 16.7 Å². The predicted molar refractivity (Wildman–Crippen MR) is 145 cm³/mol. The molecule has 0 amide bonds. The molecule has 2 saturated carbocycles. The molecule has 0 saturated heterocycles. The standard InChI is InChI=1S/C29H39N2O4P/c1-28(2,32)17-16-24-29(26(36(24)33-3)34-21-10-4-5-11-21)18-30-27(35-29)31-25-22-12-6-8-19(22)14-15-20-9-7-13-23(20)25/h14,16-17,21,32H,4-13,15,18H2,1-3H3,(H,30,31)/b17-16+. The molecule has 0 bridgehead atoms. The van der Waals surface area contributed by atoms with Crippen LogP contribution in [-0.2, 0) is 14.0 Å². The maximum absolute atomic E-state index is 10.4. The van der Waals surface area contributed by atoms with Crippen molar-refractivity contribution in [1.29, 1.82) is 0 Å². The highest BCUT2D eigenvalue weighted by Gasteiger charge is 2.65. The largest absolute Gasteiger partial charge is 0.455 e. The monoisotopic (exact) mass is 510 g/mol. The van der Waals surface area contributed by atoms with Gasteiger partial charge in [0.15, 0.2) is 0 Å². The number of allylic oxidation sites excluding steroid dienone is 5. The summed E-state index contributed by atoms with van der Waals surface area (Å²) in [6.45, 7) is 4.04. The molecule has 2 fully saturated rings. The van der Waals surface area contributed by atoms with Gasteiger partial charge in [-0.15, -0.1) is 0 Å². The zero-order valence-electron chi connectivity index (χ0n) is 21.9. The summed E-state index contributed by atoms with van der Waals surface area (Å²) < 4.78 is 19.3. The molecule has 7 heteroatoms. The third-order valence-electron chi connectivity index (χ3n) is 8.31. The van der Waals surface area contributed by atoms with E-state index in [1.54, 1.807) is 26.5 Å². The van der Waals surface area contributed by atoms with Crippen molar-refractivity contribution < 1.29 is 19.1 Å². The first-order chi connectivity index (χ1) is 17.4. The molecule has 36 heavy (non-hydrogen) atoms. The molecule has 0 aromatic rings. The van der Waals surface area contributed by atoms with Crippen LogP contribution in [0.3, 0.4) is 0 Å². The molecule has 2 unspecified atom stereocenters. The van der Waals surface area contributed by atoms with Crippen molar-refractivity contribution in [3.8, 4) is 0 Å². The topological polar surface area (TPSA) is 72.3 Å². The van der Waals surface area contributed by atoms with E-state index in [4.69, 9.17) is 19.0 Å². The molecule has 2 aliphatic heterocycles. The molecule has 6 nitrogen and oxygen atoms in total. The number of fused-ring (bicyclic) bond motifs is 1. The smallest absolute Gasteiger partial charge is 0.289 e. The van der Waals surface area contributed by atoms with Crippen LogP contribution in [0, 0.1) is 5.66 Å². The number of hydrogen-bond acceptors (Lipinski definition) is 6. The van der Waals surface area contributed by atoms with Gasteiger partial charge in [0.05, 0.1) is 25.4 Å². The fraction of sp³-hybridized carbons (Fsp3) is 0.621. The quantitative estimate of drug-likeness (QED) is 0.341. The van der Waals surface area contributed by atoms with Crippen molar-refractivity contribution in [2.45, 2.75) is 102 Å². The van der Waals surface area contributed by atoms with Crippen LogP contribution in [0.25, 0.3) is 0 Å². The van der Waals surface area contributed by atoms with Gasteiger partial charge < -0.3 is 19.9 Å². The van der Waals surface area contributed by atoms with E-state index in [0.29, 0.717) is 12.6 Å². The van der Waals surface area contributed by atoms with E-state index in [0.717, 1.165) is 43.2 Å². The number of aliphatic imine (C=N–C) groups is 1. The van der Waals surface area contributed by atoms with Crippen molar-refractivity contribution >= 4 is 19.3 Å². The van der Waals surface area contributed by atoms with E-state index >= 15 is 0 Å². The fourth-order valence-corrected chi connectivity index (χ4v) is 8.47. The van der Waals surface area contributed by atoms with Crippen molar-refractivity contribution in [2.24, 2.45) is 4.99 Å². The summed E-state index contributed by atoms with van der Waals surface area (Å²) in [5.41, 5.74) is 7.52. The Kier molecular flexibility index (Phi) is 6.44. The number of amidine groups is 1. The average Bonchev–Trinajstić information content (AvgIpc) is 3.63. The van der Waals surface area contributed by atoms with Crippen LogP contribution in [-0.4, -0.2) is 47.6 Å². The first-order valence-corrected chi connectivity index (χ1v) is 15.0. The summed E-state index contributed by atoms with van der Waals surface area (Å²) in [7, 11) is 0.684. The molecule has 0 radical (unpaired) electrons. The third kappa shape index (κ3) is 4.30. The molecule has 0 aromatic heterocycles. The second-order valence-corrected chi connectivity index (χ2v) is 13.3. The summed E-state index contributed by atoms with van der Waals surface area (Å²) in [5.74, 6) is 0. The lowest BCUT2D eigenvalue weighted by Gasteiger charge is -2.42. The summed E-state index contributed by atoms with van der Waals surface area (Å²) in [6.07, 6.45) is 19.2. The highest BCUT2D eigenvalue weighted by molar-refractivity contribution is 7.60. The van der Waals surface area contributed by atoms with E-state index in [1.807, 2.05) is 12.2 Å². The molecular weight excluding hydrogens is 471 g/mol. The molecule has 1 spiro atoms. The van der Waals surface area contributed by atoms with Crippen LogP contribution in [0.15, 0.2) is 51.2 Å². The number of hydrogen-bond donors (Lipinski definition) is 2. The van der Waals surface area contributed by atoms with Crippen molar-refractivity contribution in [2.75, 3.05) is 13.7 Å². The minimum Gasteiger partial charge on any atom is -0.455 e.